The van der Waals surface area contributed by atoms with Crippen molar-refractivity contribution in [1.82, 2.24) is 0 Å². The second kappa shape index (κ2) is 9.54. The molecule has 0 radical (unpaired) electrons. The summed E-state index contributed by atoms with van der Waals surface area (Å²) in [6.45, 7) is 18.0. The highest BCUT2D eigenvalue weighted by atomic mass is 16.5. The van der Waals surface area contributed by atoms with Crippen LogP contribution in [0, 0.1) is 46.3 Å². The number of allylic oxidation sites excluding steroid dienone is 1. The minimum absolute atomic E-state index is 0.0430. The van der Waals surface area contributed by atoms with Gasteiger partial charge in [0.1, 0.15) is 6.10 Å². The lowest BCUT2D eigenvalue weighted by Gasteiger charge is -2.58. The van der Waals surface area contributed by atoms with Gasteiger partial charge < -0.3 is 4.74 Å². The Bertz CT molecular complexity index is 778. The molecule has 0 amide bonds. The molecule has 4 rings (SSSR count). The van der Waals surface area contributed by atoms with Crippen molar-refractivity contribution in [3.05, 3.63) is 23.8 Å². The molecule has 0 aromatic rings. The lowest BCUT2D eigenvalue weighted by molar-refractivity contribution is -0.146. The van der Waals surface area contributed by atoms with Gasteiger partial charge in [0.2, 0.25) is 0 Å². The summed E-state index contributed by atoms with van der Waals surface area (Å²) in [4.78, 5) is 12.1. The van der Waals surface area contributed by atoms with Crippen LogP contribution >= 0.6 is 0 Å². The molecule has 8 atom stereocenters. The molecule has 4 aliphatic carbocycles. The number of carbonyl (C=O) groups excluding carboxylic acids is 1. The molecule has 0 aromatic carbocycles. The maximum Gasteiger partial charge on any atom is 0.333 e. The van der Waals surface area contributed by atoms with Crippen molar-refractivity contribution in [2.24, 2.45) is 46.3 Å². The Balaban J connectivity index is 1.45. The normalized spacial score (nSPS) is 40.9. The molecule has 0 bridgehead atoms. The molecule has 3 fully saturated rings. The van der Waals surface area contributed by atoms with Gasteiger partial charge in [-0.25, -0.2) is 4.79 Å². The van der Waals surface area contributed by atoms with Crippen LogP contribution in [-0.4, -0.2) is 12.1 Å². The predicted octanol–water partition coefficient (Wildman–Crippen LogP) is 8.52. The van der Waals surface area contributed by atoms with Crippen molar-refractivity contribution < 1.29 is 9.53 Å². The van der Waals surface area contributed by atoms with Crippen molar-refractivity contribution in [2.75, 3.05) is 0 Å². The fraction of sp³-hybridized carbons (Fsp3) is 0.839. The highest BCUT2D eigenvalue weighted by Crippen LogP contribution is 2.67. The third-order valence-corrected chi connectivity index (χ3v) is 10.9. The fourth-order valence-corrected chi connectivity index (χ4v) is 9.00. The molecule has 0 aromatic heterocycles. The molecule has 2 nitrogen and oxygen atoms in total. The molecule has 0 N–H and O–H groups in total. The van der Waals surface area contributed by atoms with E-state index >= 15 is 0 Å². The van der Waals surface area contributed by atoms with E-state index in [1.807, 2.05) is 0 Å². The van der Waals surface area contributed by atoms with Gasteiger partial charge in [-0.3, -0.25) is 0 Å². The summed E-state index contributed by atoms with van der Waals surface area (Å²) < 4.78 is 5.78. The Labute approximate surface area is 204 Å². The lowest BCUT2D eigenvalue weighted by atomic mass is 9.47. The van der Waals surface area contributed by atoms with Gasteiger partial charge in [-0.15, -0.1) is 0 Å². The van der Waals surface area contributed by atoms with E-state index in [0.29, 0.717) is 16.4 Å². The van der Waals surface area contributed by atoms with Crippen LogP contribution in [0.1, 0.15) is 112 Å². The van der Waals surface area contributed by atoms with E-state index in [1.165, 1.54) is 57.8 Å². The first-order valence-electron chi connectivity index (χ1n) is 14.1. The number of fused-ring (bicyclic) bond motifs is 5. The zero-order valence-corrected chi connectivity index (χ0v) is 22.4. The summed E-state index contributed by atoms with van der Waals surface area (Å²) in [6.07, 6.45) is 17.0. The summed E-state index contributed by atoms with van der Waals surface area (Å²) in [5, 5.41) is 0. The quantitative estimate of drug-likeness (QED) is 0.219. The second-order valence-electron chi connectivity index (χ2n) is 13.3. The van der Waals surface area contributed by atoms with Crippen molar-refractivity contribution in [3.8, 4) is 0 Å². The van der Waals surface area contributed by atoms with Crippen LogP contribution in [-0.2, 0) is 9.53 Å². The molecular formula is C31H50O2. The minimum Gasteiger partial charge on any atom is -0.459 e. The van der Waals surface area contributed by atoms with Gasteiger partial charge in [0.25, 0.3) is 0 Å². The Morgan fingerprint density at radius 3 is 2.55 bits per heavy atom. The van der Waals surface area contributed by atoms with Crippen LogP contribution in [0.5, 0.6) is 0 Å². The molecule has 0 spiro atoms. The molecule has 4 aliphatic rings. The average molecular weight is 455 g/mol. The second-order valence-corrected chi connectivity index (χ2v) is 13.3. The third-order valence-electron chi connectivity index (χ3n) is 10.9. The topological polar surface area (TPSA) is 26.3 Å². The predicted molar refractivity (Wildman–Crippen MR) is 138 cm³/mol. The minimum atomic E-state index is -0.217. The van der Waals surface area contributed by atoms with E-state index in [-0.39, 0.29) is 12.1 Å². The Morgan fingerprint density at radius 2 is 1.85 bits per heavy atom. The monoisotopic (exact) mass is 454 g/mol. The first kappa shape index (κ1) is 25.1. The molecule has 0 saturated heterocycles. The SMILES string of the molecule is C=C(C)C(=O)OC1CC[C@@]2(C)C(=CC[C@H]3[C@@H]4CC[C@H]([C@H](C)CCCC(C)C)[C@@]4(C)CC[C@@H]32)C1. The molecule has 0 aliphatic heterocycles. The molecule has 2 heteroatoms. The first-order chi connectivity index (χ1) is 15.6. The highest BCUT2D eigenvalue weighted by Gasteiger charge is 2.59. The zero-order chi connectivity index (χ0) is 24.0. The van der Waals surface area contributed by atoms with Gasteiger partial charge in [-0.1, -0.05) is 72.1 Å². The summed E-state index contributed by atoms with van der Waals surface area (Å²) >= 11 is 0. The van der Waals surface area contributed by atoms with Gasteiger partial charge in [0.05, 0.1) is 0 Å². The van der Waals surface area contributed by atoms with E-state index in [1.54, 1.807) is 12.5 Å². The van der Waals surface area contributed by atoms with Crippen LogP contribution in [0.2, 0.25) is 0 Å². The number of carbonyl (C=O) groups is 1. The largest absolute Gasteiger partial charge is 0.459 e. The van der Waals surface area contributed by atoms with Crippen molar-refractivity contribution in [2.45, 2.75) is 118 Å². The molecule has 0 heterocycles. The number of hydrogen-bond donors (Lipinski definition) is 0. The first-order valence-corrected chi connectivity index (χ1v) is 14.1. The summed E-state index contributed by atoms with van der Waals surface area (Å²) in [5.74, 6) is 5.00. The van der Waals surface area contributed by atoms with E-state index in [9.17, 15) is 4.79 Å². The van der Waals surface area contributed by atoms with Gasteiger partial charge in [-0.05, 0) is 98.2 Å². The Hall–Kier alpha value is -1.05. The van der Waals surface area contributed by atoms with Gasteiger partial charge >= 0.3 is 5.97 Å². The van der Waals surface area contributed by atoms with Crippen LogP contribution < -0.4 is 0 Å². The number of rotatable bonds is 7. The smallest absolute Gasteiger partial charge is 0.333 e. The number of ether oxygens (including phenoxy) is 1. The molecular weight excluding hydrogens is 404 g/mol. The van der Waals surface area contributed by atoms with Gasteiger partial charge in [0.15, 0.2) is 0 Å². The van der Waals surface area contributed by atoms with E-state index < -0.39 is 0 Å². The molecule has 186 valence electrons. The van der Waals surface area contributed by atoms with Crippen molar-refractivity contribution in [1.29, 1.82) is 0 Å². The van der Waals surface area contributed by atoms with Crippen molar-refractivity contribution in [3.63, 3.8) is 0 Å². The van der Waals surface area contributed by atoms with Crippen LogP contribution in [0.15, 0.2) is 23.8 Å². The zero-order valence-electron chi connectivity index (χ0n) is 22.4. The van der Waals surface area contributed by atoms with Crippen molar-refractivity contribution >= 4 is 5.97 Å². The Kier molecular flexibility index (Phi) is 7.24. The lowest BCUT2D eigenvalue weighted by Crippen LogP contribution is -2.51. The fourth-order valence-electron chi connectivity index (χ4n) is 9.00. The van der Waals surface area contributed by atoms with Crippen LogP contribution in [0.3, 0.4) is 0 Å². The molecule has 3 saturated carbocycles. The van der Waals surface area contributed by atoms with Gasteiger partial charge in [-0.2, -0.15) is 0 Å². The van der Waals surface area contributed by atoms with Gasteiger partial charge in [0, 0.05) is 12.0 Å². The summed E-state index contributed by atoms with van der Waals surface area (Å²) in [5.41, 5.74) is 2.97. The highest BCUT2D eigenvalue weighted by molar-refractivity contribution is 5.87. The Morgan fingerprint density at radius 1 is 1.09 bits per heavy atom. The standard InChI is InChI=1S/C31H50O2/c1-20(2)9-8-10-22(5)26-13-14-27-25-12-11-23-19-24(33-29(32)21(3)4)15-17-30(23,6)28(25)16-18-31(26,27)7/h11,20,22,24-28H,3,8-10,12-19H2,1-2,4-7H3/t22-,24?,25+,26-,27+,28+,30+,31-/m1/s1. The van der Waals surface area contributed by atoms with E-state index in [2.05, 4.69) is 47.3 Å². The number of esters is 1. The molecule has 33 heavy (non-hydrogen) atoms. The maximum atomic E-state index is 12.1. The summed E-state index contributed by atoms with van der Waals surface area (Å²) in [6, 6.07) is 0. The summed E-state index contributed by atoms with van der Waals surface area (Å²) in [7, 11) is 0. The molecule has 1 unspecified atom stereocenters. The maximum absolute atomic E-state index is 12.1. The average Bonchev–Trinajstić information content (AvgIpc) is 3.11. The number of hydrogen-bond acceptors (Lipinski definition) is 2. The van der Waals surface area contributed by atoms with Crippen LogP contribution in [0.4, 0.5) is 0 Å². The van der Waals surface area contributed by atoms with Crippen LogP contribution in [0.25, 0.3) is 0 Å². The third kappa shape index (κ3) is 4.62. The van der Waals surface area contributed by atoms with E-state index in [4.69, 9.17) is 4.74 Å². The van der Waals surface area contributed by atoms with E-state index in [0.717, 1.165) is 48.3 Å².